The number of para-hydroxylation sites is 1. The van der Waals surface area contributed by atoms with Gasteiger partial charge < -0.3 is 4.90 Å². The molecule has 20 heavy (non-hydrogen) atoms. The summed E-state index contributed by atoms with van der Waals surface area (Å²) >= 11 is 0. The molecule has 0 aliphatic carbocycles. The lowest BCUT2D eigenvalue weighted by Gasteiger charge is -2.29. The van der Waals surface area contributed by atoms with E-state index in [4.69, 9.17) is 0 Å². The van der Waals surface area contributed by atoms with Crippen molar-refractivity contribution in [3.05, 3.63) is 58.9 Å². The number of aromatic nitrogens is 1. The number of hydrogen-bond donors (Lipinski definition) is 0. The van der Waals surface area contributed by atoms with Gasteiger partial charge in [0.1, 0.15) is 0 Å². The van der Waals surface area contributed by atoms with Crippen LogP contribution in [0.15, 0.2) is 36.4 Å². The van der Waals surface area contributed by atoms with Crippen LogP contribution in [0.25, 0.3) is 0 Å². The van der Waals surface area contributed by atoms with Crippen LogP contribution in [0, 0.1) is 13.8 Å². The highest BCUT2D eigenvalue weighted by Crippen LogP contribution is 2.28. The summed E-state index contributed by atoms with van der Waals surface area (Å²) in [7, 11) is 0. The minimum atomic E-state index is 0.0575. The first-order valence-electron chi connectivity index (χ1n) is 7.01. The fourth-order valence-electron chi connectivity index (χ4n) is 2.80. The minimum Gasteiger partial charge on any atom is -0.308 e. The van der Waals surface area contributed by atoms with E-state index in [9.17, 15) is 4.79 Å². The van der Waals surface area contributed by atoms with E-state index in [1.807, 2.05) is 49.1 Å². The normalized spacial score (nSPS) is 14.0. The molecule has 0 spiro atoms. The molecule has 0 bridgehead atoms. The van der Waals surface area contributed by atoms with E-state index >= 15 is 0 Å². The number of amides is 1. The largest absolute Gasteiger partial charge is 0.308 e. The number of rotatable bonds is 1. The molecule has 1 amide bonds. The van der Waals surface area contributed by atoms with Gasteiger partial charge in [-0.05, 0) is 50.5 Å². The molecule has 1 aliphatic rings. The number of benzene rings is 1. The molecule has 0 N–H and O–H groups in total. The zero-order valence-electron chi connectivity index (χ0n) is 11.9. The summed E-state index contributed by atoms with van der Waals surface area (Å²) in [5.74, 6) is 0.0575. The van der Waals surface area contributed by atoms with Crippen LogP contribution in [0.5, 0.6) is 0 Å². The minimum absolute atomic E-state index is 0.0575. The number of carbonyl (C=O) groups excluding carboxylic acids is 1. The Morgan fingerprint density at radius 2 is 1.95 bits per heavy atom. The van der Waals surface area contributed by atoms with Crippen molar-refractivity contribution < 1.29 is 4.79 Å². The number of carbonyl (C=O) groups is 1. The molecule has 3 rings (SSSR count). The smallest absolute Gasteiger partial charge is 0.260 e. The van der Waals surface area contributed by atoms with Gasteiger partial charge in [-0.25, -0.2) is 0 Å². The summed E-state index contributed by atoms with van der Waals surface area (Å²) in [5, 5.41) is 0. The van der Waals surface area contributed by atoms with Crippen molar-refractivity contribution in [1.29, 1.82) is 0 Å². The number of pyridine rings is 1. The van der Waals surface area contributed by atoms with E-state index in [1.54, 1.807) is 0 Å². The molecule has 0 atom stereocenters. The summed E-state index contributed by atoms with van der Waals surface area (Å²) < 4.78 is 0. The standard InChI is InChI=1S/C17H18N2O/c1-12-9-10-15(13(2)18-12)17(20)19-11-5-7-14-6-3-4-8-16(14)19/h3-4,6,8-10H,5,7,11H2,1-2H3. The summed E-state index contributed by atoms with van der Waals surface area (Å²) in [4.78, 5) is 19.1. The Kier molecular flexibility index (Phi) is 3.26. The maximum absolute atomic E-state index is 12.8. The van der Waals surface area contributed by atoms with Crippen molar-refractivity contribution in [2.24, 2.45) is 0 Å². The van der Waals surface area contributed by atoms with E-state index < -0.39 is 0 Å². The Morgan fingerprint density at radius 3 is 2.75 bits per heavy atom. The number of nitrogens with zero attached hydrogens (tertiary/aromatic N) is 2. The van der Waals surface area contributed by atoms with E-state index in [1.165, 1.54) is 5.56 Å². The Labute approximate surface area is 119 Å². The van der Waals surface area contributed by atoms with E-state index in [0.717, 1.165) is 36.5 Å². The zero-order chi connectivity index (χ0) is 14.1. The average molecular weight is 266 g/mol. The summed E-state index contributed by atoms with van der Waals surface area (Å²) in [6.45, 7) is 4.62. The van der Waals surface area contributed by atoms with E-state index in [2.05, 4.69) is 11.1 Å². The van der Waals surface area contributed by atoms with Crippen LogP contribution in [0.1, 0.15) is 33.7 Å². The molecule has 2 aromatic rings. The van der Waals surface area contributed by atoms with Crippen LogP contribution in [0.2, 0.25) is 0 Å². The Balaban J connectivity index is 2.00. The van der Waals surface area contributed by atoms with Gasteiger partial charge in [-0.1, -0.05) is 18.2 Å². The van der Waals surface area contributed by atoms with Crippen molar-refractivity contribution in [1.82, 2.24) is 4.98 Å². The zero-order valence-corrected chi connectivity index (χ0v) is 11.9. The molecule has 1 aliphatic heterocycles. The molecule has 3 nitrogen and oxygen atoms in total. The van der Waals surface area contributed by atoms with Crippen molar-refractivity contribution in [2.75, 3.05) is 11.4 Å². The second-order valence-corrected chi connectivity index (χ2v) is 5.27. The second-order valence-electron chi connectivity index (χ2n) is 5.27. The van der Waals surface area contributed by atoms with Crippen LogP contribution in [-0.2, 0) is 6.42 Å². The van der Waals surface area contributed by atoms with Crippen molar-refractivity contribution in [2.45, 2.75) is 26.7 Å². The van der Waals surface area contributed by atoms with Crippen LogP contribution < -0.4 is 4.90 Å². The Hall–Kier alpha value is -2.16. The predicted octanol–water partition coefficient (Wildman–Crippen LogP) is 3.29. The van der Waals surface area contributed by atoms with Crippen LogP contribution in [-0.4, -0.2) is 17.4 Å². The van der Waals surface area contributed by atoms with Gasteiger partial charge in [0.25, 0.3) is 5.91 Å². The lowest BCUT2D eigenvalue weighted by Crippen LogP contribution is -2.36. The van der Waals surface area contributed by atoms with Gasteiger partial charge in [-0.2, -0.15) is 0 Å². The van der Waals surface area contributed by atoms with Gasteiger partial charge in [0.2, 0.25) is 0 Å². The van der Waals surface area contributed by atoms with Gasteiger partial charge in [0.05, 0.1) is 11.3 Å². The molecule has 1 aromatic carbocycles. The van der Waals surface area contributed by atoms with Gasteiger partial charge in [0.15, 0.2) is 0 Å². The quantitative estimate of drug-likeness (QED) is 0.793. The van der Waals surface area contributed by atoms with Gasteiger partial charge in [-0.15, -0.1) is 0 Å². The number of hydrogen-bond acceptors (Lipinski definition) is 2. The van der Waals surface area contributed by atoms with Crippen molar-refractivity contribution in [3.63, 3.8) is 0 Å². The fourth-order valence-corrected chi connectivity index (χ4v) is 2.80. The van der Waals surface area contributed by atoms with E-state index in [0.29, 0.717) is 5.56 Å². The van der Waals surface area contributed by atoms with Crippen molar-refractivity contribution >= 4 is 11.6 Å². The van der Waals surface area contributed by atoms with Crippen LogP contribution in [0.3, 0.4) is 0 Å². The third-order valence-corrected chi connectivity index (χ3v) is 3.81. The maximum atomic E-state index is 12.8. The Morgan fingerprint density at radius 1 is 1.15 bits per heavy atom. The van der Waals surface area contributed by atoms with Crippen LogP contribution >= 0.6 is 0 Å². The highest BCUT2D eigenvalue weighted by atomic mass is 16.2. The molecular weight excluding hydrogens is 248 g/mol. The monoisotopic (exact) mass is 266 g/mol. The first-order chi connectivity index (χ1) is 9.66. The van der Waals surface area contributed by atoms with E-state index in [-0.39, 0.29) is 5.91 Å². The van der Waals surface area contributed by atoms with Gasteiger partial charge >= 0.3 is 0 Å². The molecule has 102 valence electrons. The molecule has 2 heterocycles. The lowest BCUT2D eigenvalue weighted by molar-refractivity contribution is 0.0984. The average Bonchev–Trinajstić information content (AvgIpc) is 2.46. The Bertz CT molecular complexity index is 664. The third kappa shape index (κ3) is 2.20. The highest BCUT2D eigenvalue weighted by molar-refractivity contribution is 6.07. The highest BCUT2D eigenvalue weighted by Gasteiger charge is 2.24. The number of fused-ring (bicyclic) bond motifs is 1. The number of anilines is 1. The lowest BCUT2D eigenvalue weighted by atomic mass is 10.0. The second kappa shape index (κ2) is 5.08. The predicted molar refractivity (Wildman–Crippen MR) is 80.2 cm³/mol. The fraction of sp³-hybridized carbons (Fsp3) is 0.294. The molecule has 3 heteroatoms. The third-order valence-electron chi connectivity index (χ3n) is 3.81. The first kappa shape index (κ1) is 12.9. The maximum Gasteiger partial charge on any atom is 0.260 e. The topological polar surface area (TPSA) is 33.2 Å². The first-order valence-corrected chi connectivity index (χ1v) is 7.01. The molecule has 0 fully saturated rings. The number of aryl methyl sites for hydroxylation is 3. The molecule has 0 saturated carbocycles. The summed E-state index contributed by atoms with van der Waals surface area (Å²) in [6, 6.07) is 11.9. The molecule has 0 radical (unpaired) electrons. The SMILES string of the molecule is Cc1ccc(C(=O)N2CCCc3ccccc32)c(C)n1. The molecular formula is C17H18N2O. The van der Waals surface area contributed by atoms with Gasteiger partial charge in [0, 0.05) is 17.9 Å². The molecule has 0 unspecified atom stereocenters. The summed E-state index contributed by atoms with van der Waals surface area (Å²) in [6.07, 6.45) is 2.06. The van der Waals surface area contributed by atoms with Gasteiger partial charge in [-0.3, -0.25) is 9.78 Å². The van der Waals surface area contributed by atoms with Crippen molar-refractivity contribution in [3.8, 4) is 0 Å². The summed E-state index contributed by atoms with van der Waals surface area (Å²) in [5.41, 5.74) is 4.75. The molecule has 0 saturated heterocycles. The van der Waals surface area contributed by atoms with Crippen LogP contribution in [0.4, 0.5) is 5.69 Å². The molecule has 1 aromatic heterocycles.